The van der Waals surface area contributed by atoms with Crippen molar-refractivity contribution in [3.63, 3.8) is 0 Å². The summed E-state index contributed by atoms with van der Waals surface area (Å²) < 4.78 is 0. The zero-order valence-corrected chi connectivity index (χ0v) is 15.9. The van der Waals surface area contributed by atoms with Crippen molar-refractivity contribution in [3.8, 4) is 0 Å². The van der Waals surface area contributed by atoms with Crippen LogP contribution in [0.2, 0.25) is 0 Å². The van der Waals surface area contributed by atoms with Crippen molar-refractivity contribution in [3.05, 3.63) is 0 Å². The third-order valence-electron chi connectivity index (χ3n) is 3.98. The minimum atomic E-state index is 0.0980. The van der Waals surface area contributed by atoms with Crippen molar-refractivity contribution >= 4 is 0 Å². The summed E-state index contributed by atoms with van der Waals surface area (Å²) in [5.74, 6) is 0. The average Bonchev–Trinajstić information content (AvgIpc) is 2.39. The zero-order chi connectivity index (χ0) is 16.5. The van der Waals surface area contributed by atoms with Crippen LogP contribution in [0, 0.1) is 0 Å². The van der Waals surface area contributed by atoms with Gasteiger partial charge in [-0.3, -0.25) is 4.84 Å². The van der Waals surface area contributed by atoms with E-state index in [9.17, 15) is 0 Å². The van der Waals surface area contributed by atoms with Gasteiger partial charge in [-0.05, 0) is 59.9 Å². The fraction of sp³-hybridized carbons (Fsp3) is 1.00. The molecule has 1 fully saturated rings. The maximum atomic E-state index is 6.04. The topological polar surface area (TPSA) is 24.5 Å². The van der Waals surface area contributed by atoms with Gasteiger partial charge in [-0.15, -0.1) is 0 Å². The monoisotopic (exact) mass is 300 g/mol. The average molecular weight is 301 g/mol. The lowest BCUT2D eigenvalue weighted by Gasteiger charge is -2.54. The van der Waals surface area contributed by atoms with Crippen LogP contribution in [0.1, 0.15) is 87.5 Å². The van der Waals surface area contributed by atoms with Gasteiger partial charge in [0.25, 0.3) is 0 Å². The Morgan fingerprint density at radius 2 is 1.52 bits per heavy atom. The SMILES string of the molecule is CC.CCCCNC1CC(C)(C)N(OCCC)C(C)(C)C1. The van der Waals surface area contributed by atoms with Crippen LogP contribution in [0.15, 0.2) is 0 Å². The van der Waals surface area contributed by atoms with Crippen molar-refractivity contribution in [2.45, 2.75) is 105 Å². The highest BCUT2D eigenvalue weighted by molar-refractivity contribution is 4.99. The second kappa shape index (κ2) is 9.81. The molecule has 3 nitrogen and oxygen atoms in total. The molecule has 0 aliphatic carbocycles. The lowest BCUT2D eigenvalue weighted by molar-refractivity contribution is -0.283. The molecule has 0 amide bonds. The molecule has 128 valence electrons. The number of nitrogens with one attached hydrogen (secondary N) is 1. The van der Waals surface area contributed by atoms with Crippen LogP contribution in [0.5, 0.6) is 0 Å². The van der Waals surface area contributed by atoms with Gasteiger partial charge in [0.2, 0.25) is 0 Å². The van der Waals surface area contributed by atoms with E-state index in [0.29, 0.717) is 6.04 Å². The summed E-state index contributed by atoms with van der Waals surface area (Å²) in [5, 5.41) is 5.98. The Morgan fingerprint density at radius 3 is 1.95 bits per heavy atom. The Hall–Kier alpha value is -0.120. The first-order valence-electron chi connectivity index (χ1n) is 9.00. The molecule has 1 aliphatic rings. The van der Waals surface area contributed by atoms with Gasteiger partial charge in [0.1, 0.15) is 0 Å². The van der Waals surface area contributed by atoms with Gasteiger partial charge in [0.15, 0.2) is 0 Å². The quantitative estimate of drug-likeness (QED) is 0.686. The van der Waals surface area contributed by atoms with Crippen molar-refractivity contribution < 1.29 is 4.84 Å². The Labute approximate surface area is 133 Å². The third-order valence-corrected chi connectivity index (χ3v) is 3.98. The summed E-state index contributed by atoms with van der Waals surface area (Å²) in [4.78, 5) is 6.04. The number of nitrogens with zero attached hydrogens (tertiary/aromatic N) is 1. The van der Waals surface area contributed by atoms with Gasteiger partial charge in [-0.25, -0.2) is 0 Å². The Kier molecular flexibility index (Phi) is 9.75. The van der Waals surface area contributed by atoms with E-state index in [4.69, 9.17) is 4.84 Å². The molecular weight excluding hydrogens is 260 g/mol. The highest BCUT2D eigenvalue weighted by atomic mass is 16.7. The summed E-state index contributed by atoms with van der Waals surface area (Å²) in [5.41, 5.74) is 0.196. The predicted octanol–water partition coefficient (Wildman–Crippen LogP) is 4.77. The van der Waals surface area contributed by atoms with Crippen LogP contribution in [-0.4, -0.2) is 35.3 Å². The first-order valence-corrected chi connectivity index (χ1v) is 9.00. The van der Waals surface area contributed by atoms with Crippen LogP contribution in [-0.2, 0) is 4.84 Å². The molecule has 3 heteroatoms. The Bertz CT molecular complexity index is 246. The van der Waals surface area contributed by atoms with E-state index < -0.39 is 0 Å². The molecule has 21 heavy (non-hydrogen) atoms. The van der Waals surface area contributed by atoms with Crippen molar-refractivity contribution in [2.24, 2.45) is 0 Å². The maximum Gasteiger partial charge on any atom is 0.0683 e. The van der Waals surface area contributed by atoms with E-state index in [-0.39, 0.29) is 11.1 Å². The lowest BCUT2D eigenvalue weighted by Crippen LogP contribution is -2.63. The molecule has 0 unspecified atom stereocenters. The van der Waals surface area contributed by atoms with Gasteiger partial charge in [0.05, 0.1) is 6.61 Å². The van der Waals surface area contributed by atoms with Crippen LogP contribution < -0.4 is 5.32 Å². The Morgan fingerprint density at radius 1 is 1.00 bits per heavy atom. The van der Waals surface area contributed by atoms with Crippen molar-refractivity contribution in [1.29, 1.82) is 0 Å². The van der Waals surface area contributed by atoms with Gasteiger partial charge in [0, 0.05) is 17.1 Å². The van der Waals surface area contributed by atoms with Gasteiger partial charge < -0.3 is 5.32 Å². The van der Waals surface area contributed by atoms with Crippen LogP contribution in [0.25, 0.3) is 0 Å². The van der Waals surface area contributed by atoms with E-state index in [2.05, 4.69) is 51.9 Å². The number of hydrogen-bond acceptors (Lipinski definition) is 3. The van der Waals surface area contributed by atoms with Crippen LogP contribution in [0.3, 0.4) is 0 Å². The molecular formula is C18H40N2O. The molecule has 1 heterocycles. The van der Waals surface area contributed by atoms with E-state index in [1.165, 1.54) is 12.8 Å². The standard InChI is InChI=1S/C16H34N2O.C2H6/c1-7-9-10-17-14-12-15(3,4)18(19-11-8-2)16(5,6)13-14;1-2/h14,17H,7-13H2,1-6H3;1-2H3. The molecule has 1 saturated heterocycles. The molecule has 0 radical (unpaired) electrons. The summed E-state index contributed by atoms with van der Waals surface area (Å²) in [6.07, 6.45) is 5.92. The largest absolute Gasteiger partial charge is 0.314 e. The predicted molar refractivity (Wildman–Crippen MR) is 93.5 cm³/mol. The number of piperidine rings is 1. The summed E-state index contributed by atoms with van der Waals surface area (Å²) >= 11 is 0. The highest BCUT2D eigenvalue weighted by Crippen LogP contribution is 2.38. The number of hydroxylamine groups is 2. The fourth-order valence-electron chi connectivity index (χ4n) is 3.42. The Balaban J connectivity index is 0.00000191. The summed E-state index contributed by atoms with van der Waals surface area (Å²) in [6.45, 7) is 19.6. The van der Waals surface area contributed by atoms with Crippen LogP contribution >= 0.6 is 0 Å². The summed E-state index contributed by atoms with van der Waals surface area (Å²) in [6, 6.07) is 0.609. The molecule has 0 saturated carbocycles. The second-order valence-electron chi connectivity index (χ2n) is 7.17. The van der Waals surface area contributed by atoms with Gasteiger partial charge >= 0.3 is 0 Å². The summed E-state index contributed by atoms with van der Waals surface area (Å²) in [7, 11) is 0. The smallest absolute Gasteiger partial charge is 0.0683 e. The molecule has 1 rings (SSSR count). The molecule has 0 spiro atoms. The second-order valence-corrected chi connectivity index (χ2v) is 7.17. The maximum absolute atomic E-state index is 6.04. The first-order chi connectivity index (χ1) is 9.83. The molecule has 0 aromatic heterocycles. The van der Waals surface area contributed by atoms with Gasteiger partial charge in [-0.1, -0.05) is 34.1 Å². The van der Waals surface area contributed by atoms with Crippen molar-refractivity contribution in [1.82, 2.24) is 10.4 Å². The lowest BCUT2D eigenvalue weighted by atomic mass is 9.79. The van der Waals surface area contributed by atoms with Crippen molar-refractivity contribution in [2.75, 3.05) is 13.2 Å². The van der Waals surface area contributed by atoms with Crippen LogP contribution in [0.4, 0.5) is 0 Å². The molecule has 1 aliphatic heterocycles. The van der Waals surface area contributed by atoms with Gasteiger partial charge in [-0.2, -0.15) is 5.06 Å². The number of hydrogen-bond donors (Lipinski definition) is 1. The normalized spacial score (nSPS) is 21.7. The number of unbranched alkanes of at least 4 members (excludes halogenated alkanes) is 1. The molecule has 1 N–H and O–H groups in total. The third kappa shape index (κ3) is 6.66. The van der Waals surface area contributed by atoms with E-state index in [0.717, 1.165) is 32.4 Å². The van der Waals surface area contributed by atoms with E-state index in [1.54, 1.807) is 0 Å². The van der Waals surface area contributed by atoms with E-state index in [1.807, 2.05) is 13.8 Å². The number of rotatable bonds is 7. The minimum Gasteiger partial charge on any atom is -0.314 e. The molecule has 0 aromatic rings. The highest BCUT2D eigenvalue weighted by Gasteiger charge is 2.46. The fourth-order valence-corrected chi connectivity index (χ4v) is 3.42. The van der Waals surface area contributed by atoms with E-state index >= 15 is 0 Å². The minimum absolute atomic E-state index is 0.0980. The molecule has 0 bridgehead atoms. The first kappa shape index (κ1) is 20.9. The molecule has 0 aromatic carbocycles. The molecule has 0 atom stereocenters. The zero-order valence-electron chi connectivity index (χ0n) is 15.9.